The molecule has 0 bridgehead atoms. The normalized spacial score (nSPS) is 24.2. The predicted molar refractivity (Wildman–Crippen MR) is 120 cm³/mol. The van der Waals surface area contributed by atoms with Crippen LogP contribution in [-0.2, 0) is 9.53 Å². The predicted octanol–water partition coefficient (Wildman–Crippen LogP) is 2.86. The van der Waals surface area contributed by atoms with Crippen molar-refractivity contribution in [2.75, 3.05) is 45.9 Å². The van der Waals surface area contributed by atoms with E-state index in [0.717, 1.165) is 70.6 Å². The van der Waals surface area contributed by atoms with Gasteiger partial charge in [0.2, 0.25) is 0 Å². The highest BCUT2D eigenvalue weighted by Crippen LogP contribution is 2.28. The summed E-state index contributed by atoms with van der Waals surface area (Å²) in [6, 6.07) is 0. The molecule has 2 heterocycles. The standard InChI is InChI=1S/C20H36N4O2.HI/c1-2-21-20(22-11-5-9-17-7-3-4-8-17)24-14-12-23(13-15-24)19(25)18-10-6-16-26-18;/h17-18H,2-16H2,1H3,(H,21,22);1H. The number of halogens is 1. The first-order valence-electron chi connectivity index (χ1n) is 10.7. The lowest BCUT2D eigenvalue weighted by Crippen LogP contribution is -2.55. The number of nitrogens with one attached hydrogen (secondary N) is 1. The minimum Gasteiger partial charge on any atom is -0.368 e. The Morgan fingerprint density at radius 3 is 2.41 bits per heavy atom. The molecule has 27 heavy (non-hydrogen) atoms. The summed E-state index contributed by atoms with van der Waals surface area (Å²) in [5.41, 5.74) is 0. The second-order valence-corrected chi connectivity index (χ2v) is 7.84. The first kappa shape index (κ1) is 22.7. The molecule has 1 N–H and O–H groups in total. The summed E-state index contributed by atoms with van der Waals surface area (Å²) in [6.07, 6.45) is 9.90. The molecule has 7 heteroatoms. The van der Waals surface area contributed by atoms with Crippen molar-refractivity contribution in [1.82, 2.24) is 15.1 Å². The van der Waals surface area contributed by atoms with Crippen LogP contribution in [0, 0.1) is 5.92 Å². The van der Waals surface area contributed by atoms with Crippen LogP contribution in [0.3, 0.4) is 0 Å². The lowest BCUT2D eigenvalue weighted by molar-refractivity contribution is -0.142. The average Bonchev–Trinajstić information content (AvgIpc) is 3.38. The Bertz CT molecular complexity index is 469. The molecule has 1 unspecified atom stereocenters. The monoisotopic (exact) mass is 492 g/mol. The van der Waals surface area contributed by atoms with Gasteiger partial charge in [-0.15, -0.1) is 24.0 Å². The molecule has 6 nitrogen and oxygen atoms in total. The summed E-state index contributed by atoms with van der Waals surface area (Å²) in [7, 11) is 0. The summed E-state index contributed by atoms with van der Waals surface area (Å²) >= 11 is 0. The van der Waals surface area contributed by atoms with Gasteiger partial charge in [-0.05, 0) is 38.5 Å². The molecule has 3 aliphatic rings. The van der Waals surface area contributed by atoms with E-state index in [-0.39, 0.29) is 36.0 Å². The second kappa shape index (κ2) is 12.1. The topological polar surface area (TPSA) is 57.2 Å². The molecule has 156 valence electrons. The van der Waals surface area contributed by atoms with Gasteiger partial charge >= 0.3 is 0 Å². The van der Waals surface area contributed by atoms with E-state index >= 15 is 0 Å². The third-order valence-electron chi connectivity index (χ3n) is 5.94. The second-order valence-electron chi connectivity index (χ2n) is 7.84. The van der Waals surface area contributed by atoms with Gasteiger partial charge in [-0.25, -0.2) is 0 Å². The molecule has 0 aromatic carbocycles. The maximum absolute atomic E-state index is 12.5. The Balaban J connectivity index is 0.00000261. The third-order valence-corrected chi connectivity index (χ3v) is 5.94. The number of hydrogen-bond donors (Lipinski definition) is 1. The molecule has 1 saturated carbocycles. The van der Waals surface area contributed by atoms with Gasteiger partial charge in [-0.2, -0.15) is 0 Å². The molecule has 1 amide bonds. The molecule has 0 aromatic rings. The quantitative estimate of drug-likeness (QED) is 0.268. The van der Waals surface area contributed by atoms with Crippen molar-refractivity contribution in [2.45, 2.75) is 64.4 Å². The lowest BCUT2D eigenvalue weighted by atomic mass is 10.0. The third kappa shape index (κ3) is 6.76. The first-order chi connectivity index (χ1) is 12.8. The van der Waals surface area contributed by atoms with E-state index in [9.17, 15) is 4.79 Å². The molecule has 1 aliphatic carbocycles. The fourth-order valence-corrected chi connectivity index (χ4v) is 4.40. The highest BCUT2D eigenvalue weighted by Gasteiger charge is 2.30. The zero-order chi connectivity index (χ0) is 18.2. The molecule has 1 atom stereocenters. The van der Waals surface area contributed by atoms with Gasteiger partial charge in [-0.3, -0.25) is 9.79 Å². The first-order valence-corrected chi connectivity index (χ1v) is 10.7. The van der Waals surface area contributed by atoms with Gasteiger partial charge in [0.15, 0.2) is 5.96 Å². The van der Waals surface area contributed by atoms with Gasteiger partial charge in [0.25, 0.3) is 5.91 Å². The van der Waals surface area contributed by atoms with Crippen molar-refractivity contribution in [3.05, 3.63) is 0 Å². The van der Waals surface area contributed by atoms with Gasteiger partial charge in [0.1, 0.15) is 6.10 Å². The number of amides is 1. The van der Waals surface area contributed by atoms with Crippen molar-refractivity contribution in [3.8, 4) is 0 Å². The van der Waals surface area contributed by atoms with Crippen molar-refractivity contribution in [3.63, 3.8) is 0 Å². The zero-order valence-corrected chi connectivity index (χ0v) is 19.2. The van der Waals surface area contributed by atoms with Crippen LogP contribution in [0.1, 0.15) is 58.3 Å². The summed E-state index contributed by atoms with van der Waals surface area (Å²) in [6.45, 7) is 7.89. The van der Waals surface area contributed by atoms with Gasteiger partial charge in [0, 0.05) is 45.9 Å². The average molecular weight is 492 g/mol. The largest absolute Gasteiger partial charge is 0.368 e. The molecular formula is C20H37IN4O2. The van der Waals surface area contributed by atoms with Crippen LogP contribution in [0.25, 0.3) is 0 Å². The Morgan fingerprint density at radius 1 is 1.07 bits per heavy atom. The van der Waals surface area contributed by atoms with Crippen LogP contribution >= 0.6 is 24.0 Å². The van der Waals surface area contributed by atoms with Crippen LogP contribution in [0.2, 0.25) is 0 Å². The van der Waals surface area contributed by atoms with Crippen molar-refractivity contribution < 1.29 is 9.53 Å². The van der Waals surface area contributed by atoms with E-state index in [1.165, 1.54) is 38.5 Å². The van der Waals surface area contributed by atoms with Crippen molar-refractivity contribution in [1.29, 1.82) is 0 Å². The van der Waals surface area contributed by atoms with E-state index in [0.29, 0.717) is 0 Å². The van der Waals surface area contributed by atoms with Crippen molar-refractivity contribution in [2.24, 2.45) is 10.9 Å². The number of carbonyl (C=O) groups is 1. The zero-order valence-electron chi connectivity index (χ0n) is 16.8. The van der Waals surface area contributed by atoms with E-state index in [2.05, 4.69) is 17.1 Å². The number of rotatable bonds is 6. The van der Waals surface area contributed by atoms with Gasteiger partial charge in [-0.1, -0.05) is 25.7 Å². The summed E-state index contributed by atoms with van der Waals surface area (Å²) in [4.78, 5) is 21.6. The van der Waals surface area contributed by atoms with E-state index in [4.69, 9.17) is 9.73 Å². The Labute approximate surface area is 181 Å². The summed E-state index contributed by atoms with van der Waals surface area (Å²) < 4.78 is 5.55. The number of carbonyl (C=O) groups excluding carboxylic acids is 1. The fraction of sp³-hybridized carbons (Fsp3) is 0.900. The van der Waals surface area contributed by atoms with Crippen LogP contribution < -0.4 is 5.32 Å². The Kier molecular flexibility index (Phi) is 10.2. The number of guanidine groups is 1. The number of aliphatic imine (C=N–C) groups is 1. The number of nitrogens with zero attached hydrogens (tertiary/aromatic N) is 3. The van der Waals surface area contributed by atoms with Gasteiger partial charge in [0.05, 0.1) is 0 Å². The molecular weight excluding hydrogens is 455 g/mol. The van der Waals surface area contributed by atoms with Gasteiger partial charge < -0.3 is 19.9 Å². The van der Waals surface area contributed by atoms with Crippen LogP contribution in [-0.4, -0.2) is 73.6 Å². The Hall–Kier alpha value is -0.570. The molecule has 3 rings (SSSR count). The van der Waals surface area contributed by atoms with Crippen LogP contribution in [0.15, 0.2) is 4.99 Å². The highest BCUT2D eigenvalue weighted by molar-refractivity contribution is 14.0. The minimum atomic E-state index is -0.195. The molecule has 2 saturated heterocycles. The number of hydrogen-bond acceptors (Lipinski definition) is 3. The minimum absolute atomic E-state index is 0. The van der Waals surface area contributed by atoms with Crippen molar-refractivity contribution >= 4 is 35.8 Å². The Morgan fingerprint density at radius 2 is 1.78 bits per heavy atom. The summed E-state index contributed by atoms with van der Waals surface area (Å²) in [5.74, 6) is 2.14. The molecule has 3 fully saturated rings. The molecule has 0 spiro atoms. The molecule has 2 aliphatic heterocycles. The van der Waals surface area contributed by atoms with Crippen LogP contribution in [0.5, 0.6) is 0 Å². The highest BCUT2D eigenvalue weighted by atomic mass is 127. The van der Waals surface area contributed by atoms with E-state index in [1.807, 2.05) is 4.90 Å². The number of piperazine rings is 1. The van der Waals surface area contributed by atoms with E-state index in [1.54, 1.807) is 0 Å². The summed E-state index contributed by atoms with van der Waals surface area (Å²) in [5, 5.41) is 3.43. The number of ether oxygens (including phenoxy) is 1. The maximum Gasteiger partial charge on any atom is 0.251 e. The SMILES string of the molecule is CCNC(=NCCCC1CCCC1)N1CCN(C(=O)C2CCCO2)CC1.I. The fourth-order valence-electron chi connectivity index (χ4n) is 4.40. The molecule has 0 aromatic heterocycles. The maximum atomic E-state index is 12.5. The lowest BCUT2D eigenvalue weighted by Gasteiger charge is -2.37. The van der Waals surface area contributed by atoms with Crippen LogP contribution in [0.4, 0.5) is 0 Å². The molecule has 0 radical (unpaired) electrons. The van der Waals surface area contributed by atoms with E-state index < -0.39 is 0 Å². The smallest absolute Gasteiger partial charge is 0.251 e.